The number of nitrogens with two attached hydrogens (primary N) is 1. The summed E-state index contributed by atoms with van der Waals surface area (Å²) < 4.78 is 14.3. The number of carbonyl (C=O) groups is 1. The van der Waals surface area contributed by atoms with Crippen LogP contribution < -0.4 is 11.1 Å². The number of thiophene rings is 1. The Balaban J connectivity index is 2.07. The molecule has 1 aromatic carbocycles. The summed E-state index contributed by atoms with van der Waals surface area (Å²) in [5.41, 5.74) is 6.10. The number of hydrogen-bond acceptors (Lipinski definition) is 3. The van der Waals surface area contributed by atoms with Crippen LogP contribution in [0.3, 0.4) is 0 Å². The largest absolute Gasteiger partial charge is 0.397 e. The van der Waals surface area contributed by atoms with Gasteiger partial charge in [-0.2, -0.15) is 0 Å². The fourth-order valence-corrected chi connectivity index (χ4v) is 2.82. The molecule has 2 aromatic rings. The first-order chi connectivity index (χ1) is 8.16. The number of benzene rings is 1. The van der Waals surface area contributed by atoms with Crippen LogP contribution in [0.25, 0.3) is 10.1 Å². The van der Waals surface area contributed by atoms with Crippen LogP contribution in [-0.4, -0.2) is 11.9 Å². The normalized spacial score (nSPS) is 15.1. The van der Waals surface area contributed by atoms with Crippen molar-refractivity contribution in [3.8, 4) is 0 Å². The number of fused-ring (bicyclic) bond motifs is 1. The molecule has 3 rings (SSSR count). The van der Waals surface area contributed by atoms with Gasteiger partial charge in [-0.25, -0.2) is 4.39 Å². The van der Waals surface area contributed by atoms with Crippen molar-refractivity contribution in [2.24, 2.45) is 0 Å². The minimum Gasteiger partial charge on any atom is -0.397 e. The number of carbonyl (C=O) groups excluding carboxylic acids is 1. The van der Waals surface area contributed by atoms with Gasteiger partial charge in [0.25, 0.3) is 5.91 Å². The number of nitrogens with one attached hydrogen (secondary N) is 1. The summed E-state index contributed by atoms with van der Waals surface area (Å²) in [5, 5.41) is 3.22. The summed E-state index contributed by atoms with van der Waals surface area (Å²) in [7, 11) is 0. The molecule has 1 heterocycles. The lowest BCUT2D eigenvalue weighted by Crippen LogP contribution is -2.25. The van der Waals surface area contributed by atoms with Gasteiger partial charge >= 0.3 is 0 Å². The molecule has 5 heteroatoms. The molecule has 3 nitrogen and oxygen atoms in total. The standard InChI is InChI=1S/C12H11FN2OS/c13-7-2-1-3-8-9(7)10(14)11(17-8)12(16)15-6-4-5-6/h1-3,6H,4-5,14H2,(H,15,16). The van der Waals surface area contributed by atoms with Gasteiger partial charge in [0.2, 0.25) is 0 Å². The quantitative estimate of drug-likeness (QED) is 0.860. The predicted molar refractivity (Wildman–Crippen MR) is 66.7 cm³/mol. The minimum absolute atomic E-state index is 0.189. The number of rotatable bonds is 2. The third kappa shape index (κ3) is 1.76. The highest BCUT2D eigenvalue weighted by molar-refractivity contribution is 7.21. The summed E-state index contributed by atoms with van der Waals surface area (Å²) in [6.45, 7) is 0. The first-order valence-corrected chi connectivity index (χ1v) is 6.26. The van der Waals surface area contributed by atoms with Crippen LogP contribution in [0.15, 0.2) is 18.2 Å². The number of hydrogen-bond donors (Lipinski definition) is 2. The number of nitrogen functional groups attached to an aromatic ring is 1. The lowest BCUT2D eigenvalue weighted by atomic mass is 10.2. The summed E-state index contributed by atoms with van der Waals surface area (Å²) >= 11 is 1.24. The van der Waals surface area contributed by atoms with E-state index in [9.17, 15) is 9.18 Å². The molecule has 17 heavy (non-hydrogen) atoms. The second-order valence-corrected chi connectivity index (χ2v) is 5.26. The van der Waals surface area contributed by atoms with E-state index in [0.717, 1.165) is 12.8 Å². The van der Waals surface area contributed by atoms with Crippen LogP contribution in [0, 0.1) is 5.82 Å². The zero-order valence-corrected chi connectivity index (χ0v) is 9.81. The van der Waals surface area contributed by atoms with Gasteiger partial charge in [0.1, 0.15) is 10.7 Å². The molecule has 0 spiro atoms. The van der Waals surface area contributed by atoms with Crippen molar-refractivity contribution in [3.05, 3.63) is 28.9 Å². The Kier molecular flexibility index (Phi) is 2.29. The van der Waals surface area contributed by atoms with E-state index in [-0.39, 0.29) is 23.5 Å². The molecule has 0 saturated heterocycles. The number of halogens is 1. The van der Waals surface area contributed by atoms with E-state index in [1.165, 1.54) is 17.4 Å². The highest BCUT2D eigenvalue weighted by atomic mass is 32.1. The highest BCUT2D eigenvalue weighted by Crippen LogP contribution is 2.35. The Morgan fingerprint density at radius 3 is 2.88 bits per heavy atom. The van der Waals surface area contributed by atoms with Crippen LogP contribution in [0.2, 0.25) is 0 Å². The molecule has 0 unspecified atom stereocenters. The molecule has 3 N–H and O–H groups in total. The van der Waals surface area contributed by atoms with Crippen LogP contribution in [0.5, 0.6) is 0 Å². The van der Waals surface area contributed by atoms with E-state index >= 15 is 0 Å². The Morgan fingerprint density at radius 1 is 1.47 bits per heavy atom. The number of anilines is 1. The Hall–Kier alpha value is -1.62. The summed E-state index contributed by atoms with van der Waals surface area (Å²) in [6.07, 6.45) is 2.04. The van der Waals surface area contributed by atoms with Crippen LogP contribution in [0.4, 0.5) is 10.1 Å². The average molecular weight is 250 g/mol. The van der Waals surface area contributed by atoms with Gasteiger partial charge in [-0.15, -0.1) is 11.3 Å². The molecular weight excluding hydrogens is 239 g/mol. The van der Waals surface area contributed by atoms with E-state index in [0.29, 0.717) is 15.0 Å². The fourth-order valence-electron chi connectivity index (χ4n) is 1.78. The SMILES string of the molecule is Nc1c(C(=O)NC2CC2)sc2cccc(F)c12. The van der Waals surface area contributed by atoms with Crippen molar-refractivity contribution in [2.75, 3.05) is 5.73 Å². The predicted octanol–water partition coefficient (Wildman–Crippen LogP) is 2.51. The molecule has 1 fully saturated rings. The summed E-state index contributed by atoms with van der Waals surface area (Å²) in [4.78, 5) is 12.3. The van der Waals surface area contributed by atoms with Gasteiger partial charge < -0.3 is 11.1 Å². The molecule has 88 valence electrons. The highest BCUT2D eigenvalue weighted by Gasteiger charge is 2.26. The maximum absolute atomic E-state index is 13.6. The van der Waals surface area contributed by atoms with Crippen molar-refractivity contribution in [1.29, 1.82) is 0 Å². The van der Waals surface area contributed by atoms with Crippen molar-refractivity contribution in [1.82, 2.24) is 5.32 Å². The van der Waals surface area contributed by atoms with Gasteiger partial charge in [-0.1, -0.05) is 6.07 Å². The molecule has 1 aromatic heterocycles. The average Bonchev–Trinajstić information content (AvgIpc) is 3.02. The van der Waals surface area contributed by atoms with Crippen LogP contribution >= 0.6 is 11.3 Å². The molecule has 1 saturated carbocycles. The second-order valence-electron chi connectivity index (χ2n) is 4.21. The maximum Gasteiger partial charge on any atom is 0.263 e. The van der Waals surface area contributed by atoms with E-state index < -0.39 is 0 Å². The van der Waals surface area contributed by atoms with Crippen LogP contribution in [-0.2, 0) is 0 Å². The Morgan fingerprint density at radius 2 is 2.24 bits per heavy atom. The first kappa shape index (κ1) is 10.5. The molecule has 1 aliphatic rings. The Bertz CT molecular complexity index is 604. The summed E-state index contributed by atoms with van der Waals surface area (Å²) in [6, 6.07) is 5.02. The van der Waals surface area contributed by atoms with Crippen molar-refractivity contribution < 1.29 is 9.18 Å². The monoisotopic (exact) mass is 250 g/mol. The third-order valence-electron chi connectivity index (χ3n) is 2.82. The van der Waals surface area contributed by atoms with E-state index in [2.05, 4.69) is 5.32 Å². The van der Waals surface area contributed by atoms with E-state index in [1.54, 1.807) is 12.1 Å². The molecule has 0 aliphatic heterocycles. The molecule has 0 atom stereocenters. The lowest BCUT2D eigenvalue weighted by molar-refractivity contribution is 0.0956. The van der Waals surface area contributed by atoms with E-state index in [1.807, 2.05) is 0 Å². The molecule has 1 amide bonds. The van der Waals surface area contributed by atoms with Gasteiger partial charge in [0.15, 0.2) is 0 Å². The molecule has 1 aliphatic carbocycles. The van der Waals surface area contributed by atoms with Gasteiger partial charge in [0, 0.05) is 10.7 Å². The molecule has 0 radical (unpaired) electrons. The maximum atomic E-state index is 13.6. The minimum atomic E-state index is -0.373. The fraction of sp³-hybridized carbons (Fsp3) is 0.250. The van der Waals surface area contributed by atoms with Crippen molar-refractivity contribution in [3.63, 3.8) is 0 Å². The molecule has 0 bridgehead atoms. The summed E-state index contributed by atoms with van der Waals surface area (Å²) in [5.74, 6) is -0.563. The van der Waals surface area contributed by atoms with Gasteiger partial charge in [-0.05, 0) is 25.0 Å². The third-order valence-corrected chi connectivity index (χ3v) is 3.99. The number of amides is 1. The Labute approximate surface area is 101 Å². The molecular formula is C12H11FN2OS. The topological polar surface area (TPSA) is 55.1 Å². The second kappa shape index (κ2) is 3.70. The van der Waals surface area contributed by atoms with Crippen LogP contribution in [0.1, 0.15) is 22.5 Å². The van der Waals surface area contributed by atoms with Gasteiger partial charge in [-0.3, -0.25) is 4.79 Å². The van der Waals surface area contributed by atoms with Crippen molar-refractivity contribution >= 4 is 33.0 Å². The van der Waals surface area contributed by atoms with Gasteiger partial charge in [0.05, 0.1) is 11.1 Å². The lowest BCUT2D eigenvalue weighted by Gasteiger charge is -2.01. The first-order valence-electron chi connectivity index (χ1n) is 5.44. The van der Waals surface area contributed by atoms with Crippen molar-refractivity contribution in [2.45, 2.75) is 18.9 Å². The zero-order chi connectivity index (χ0) is 12.0. The van der Waals surface area contributed by atoms with E-state index in [4.69, 9.17) is 5.73 Å². The smallest absolute Gasteiger partial charge is 0.263 e. The zero-order valence-electron chi connectivity index (χ0n) is 9.00.